The van der Waals surface area contributed by atoms with Gasteiger partial charge < -0.3 is 21.1 Å². The average Bonchev–Trinajstić information content (AvgIpc) is 2.37. The van der Waals surface area contributed by atoms with Crippen molar-refractivity contribution in [2.24, 2.45) is 5.73 Å². The van der Waals surface area contributed by atoms with Crippen molar-refractivity contribution in [3.8, 4) is 0 Å². The van der Waals surface area contributed by atoms with Gasteiger partial charge in [0.25, 0.3) is 0 Å². The Morgan fingerprint density at radius 1 is 1.32 bits per heavy atom. The van der Waals surface area contributed by atoms with Crippen LogP contribution in [0, 0.1) is 0 Å². The molecule has 0 bridgehead atoms. The average molecular weight is 265 g/mol. The van der Waals surface area contributed by atoms with Crippen molar-refractivity contribution < 1.29 is 19.1 Å². The van der Waals surface area contributed by atoms with Gasteiger partial charge in [-0.15, -0.1) is 0 Å². The number of hydrogen-bond acceptors (Lipinski definition) is 4. The lowest BCUT2D eigenvalue weighted by atomic mass is 10.2. The van der Waals surface area contributed by atoms with Gasteiger partial charge in [0.15, 0.2) is 0 Å². The molecule has 0 aliphatic rings. The summed E-state index contributed by atoms with van der Waals surface area (Å²) < 4.78 is 4.57. The third-order valence-corrected chi connectivity index (χ3v) is 2.30. The molecule has 0 heterocycles. The van der Waals surface area contributed by atoms with Crippen LogP contribution >= 0.6 is 0 Å². The van der Waals surface area contributed by atoms with Crippen molar-refractivity contribution in [2.75, 3.05) is 12.4 Å². The Balaban J connectivity index is 2.74. The Kier molecular flexibility index (Phi) is 4.87. The highest BCUT2D eigenvalue weighted by Crippen LogP contribution is 2.11. The third kappa shape index (κ3) is 4.30. The Labute approximate surface area is 110 Å². The fourth-order valence-electron chi connectivity index (χ4n) is 1.37. The Bertz CT molecular complexity index is 502. The molecular weight excluding hydrogens is 250 g/mol. The Morgan fingerprint density at radius 3 is 2.58 bits per heavy atom. The second kappa shape index (κ2) is 6.39. The summed E-state index contributed by atoms with van der Waals surface area (Å²) in [4.78, 5) is 33.6. The lowest BCUT2D eigenvalue weighted by Crippen LogP contribution is -2.44. The molecule has 1 unspecified atom stereocenters. The number of methoxy groups -OCH3 is 1. The van der Waals surface area contributed by atoms with Gasteiger partial charge in [-0.05, 0) is 25.1 Å². The van der Waals surface area contributed by atoms with Crippen molar-refractivity contribution in [3.05, 3.63) is 29.8 Å². The van der Waals surface area contributed by atoms with Crippen molar-refractivity contribution in [1.82, 2.24) is 5.32 Å². The molecule has 7 nitrogen and oxygen atoms in total. The van der Waals surface area contributed by atoms with Crippen LogP contribution in [0.5, 0.6) is 0 Å². The summed E-state index contributed by atoms with van der Waals surface area (Å²) in [7, 11) is 1.27. The van der Waals surface area contributed by atoms with E-state index >= 15 is 0 Å². The van der Waals surface area contributed by atoms with Gasteiger partial charge in [0.1, 0.15) is 6.04 Å². The maximum absolute atomic E-state index is 11.7. The van der Waals surface area contributed by atoms with Crippen molar-refractivity contribution >= 4 is 23.6 Å². The summed E-state index contributed by atoms with van der Waals surface area (Å²) in [6, 6.07) is 4.69. The molecule has 19 heavy (non-hydrogen) atoms. The van der Waals surface area contributed by atoms with Crippen LogP contribution in [-0.4, -0.2) is 31.1 Å². The van der Waals surface area contributed by atoms with E-state index in [9.17, 15) is 14.4 Å². The van der Waals surface area contributed by atoms with Crippen LogP contribution in [0.2, 0.25) is 0 Å². The van der Waals surface area contributed by atoms with Crippen LogP contribution in [-0.2, 0) is 9.53 Å². The largest absolute Gasteiger partial charge is 0.465 e. The smallest absolute Gasteiger partial charge is 0.337 e. The molecule has 0 aromatic heterocycles. The molecule has 1 rings (SSSR count). The van der Waals surface area contributed by atoms with E-state index in [1.54, 1.807) is 18.2 Å². The minimum Gasteiger partial charge on any atom is -0.465 e. The minimum absolute atomic E-state index is 0.316. The fraction of sp³-hybridized carbons (Fsp3) is 0.250. The molecule has 1 atom stereocenters. The first-order valence-electron chi connectivity index (χ1n) is 5.49. The van der Waals surface area contributed by atoms with Gasteiger partial charge in [-0.25, -0.2) is 9.59 Å². The second-order valence-electron chi connectivity index (χ2n) is 3.79. The summed E-state index contributed by atoms with van der Waals surface area (Å²) in [6.45, 7) is 1.49. The summed E-state index contributed by atoms with van der Waals surface area (Å²) in [5.41, 5.74) is 5.65. The number of hydrogen-bond donors (Lipinski definition) is 3. The predicted octanol–water partition coefficient (Wildman–Crippen LogP) is 0.469. The predicted molar refractivity (Wildman–Crippen MR) is 68.6 cm³/mol. The number of carbonyl (C=O) groups is 3. The molecule has 0 fully saturated rings. The monoisotopic (exact) mass is 265 g/mol. The number of primary amides is 1. The number of rotatable bonds is 4. The van der Waals surface area contributed by atoms with Crippen LogP contribution in [0.3, 0.4) is 0 Å². The summed E-state index contributed by atoms with van der Waals surface area (Å²) in [6.07, 6.45) is 0. The number of benzene rings is 1. The highest BCUT2D eigenvalue weighted by Gasteiger charge is 2.14. The summed E-state index contributed by atoms with van der Waals surface area (Å²) >= 11 is 0. The SMILES string of the molecule is COC(=O)c1cccc(NC(=O)C(C)NC(N)=O)c1. The molecule has 0 aliphatic carbocycles. The number of nitrogens with two attached hydrogens (primary N) is 1. The van der Waals surface area contributed by atoms with Gasteiger partial charge in [0.05, 0.1) is 12.7 Å². The molecule has 7 heteroatoms. The maximum atomic E-state index is 11.7. The number of ether oxygens (including phenoxy) is 1. The van der Waals surface area contributed by atoms with E-state index in [-0.39, 0.29) is 0 Å². The number of anilines is 1. The summed E-state index contributed by atoms with van der Waals surface area (Å²) in [5, 5.41) is 4.80. The first-order valence-corrected chi connectivity index (χ1v) is 5.49. The molecule has 0 saturated carbocycles. The van der Waals surface area contributed by atoms with E-state index in [4.69, 9.17) is 5.73 Å². The second-order valence-corrected chi connectivity index (χ2v) is 3.79. The maximum Gasteiger partial charge on any atom is 0.337 e. The Hall–Kier alpha value is -2.57. The van der Waals surface area contributed by atoms with Gasteiger partial charge in [0, 0.05) is 5.69 Å². The number of amides is 3. The van der Waals surface area contributed by atoms with Crippen molar-refractivity contribution in [3.63, 3.8) is 0 Å². The van der Waals surface area contributed by atoms with E-state index in [0.717, 1.165) is 0 Å². The van der Waals surface area contributed by atoms with Crippen LogP contribution in [0.15, 0.2) is 24.3 Å². The third-order valence-electron chi connectivity index (χ3n) is 2.30. The first-order chi connectivity index (χ1) is 8.93. The molecule has 4 N–H and O–H groups in total. The quantitative estimate of drug-likeness (QED) is 0.687. The van der Waals surface area contributed by atoms with Crippen LogP contribution in [0.4, 0.5) is 10.5 Å². The van der Waals surface area contributed by atoms with E-state index in [0.29, 0.717) is 11.3 Å². The van der Waals surface area contributed by atoms with Crippen LogP contribution < -0.4 is 16.4 Å². The highest BCUT2D eigenvalue weighted by atomic mass is 16.5. The zero-order chi connectivity index (χ0) is 14.4. The van der Waals surface area contributed by atoms with Crippen molar-refractivity contribution in [2.45, 2.75) is 13.0 Å². The Morgan fingerprint density at radius 2 is 2.00 bits per heavy atom. The lowest BCUT2D eigenvalue weighted by Gasteiger charge is -2.12. The van der Waals surface area contributed by atoms with E-state index in [1.165, 1.54) is 20.1 Å². The molecule has 3 amide bonds. The van der Waals surface area contributed by atoms with Gasteiger partial charge in [-0.1, -0.05) is 6.07 Å². The molecule has 102 valence electrons. The van der Waals surface area contributed by atoms with Crippen LogP contribution in [0.1, 0.15) is 17.3 Å². The zero-order valence-corrected chi connectivity index (χ0v) is 10.6. The van der Waals surface area contributed by atoms with Crippen LogP contribution in [0.25, 0.3) is 0 Å². The summed E-state index contributed by atoms with van der Waals surface area (Å²) in [5.74, 6) is -0.944. The number of carbonyl (C=O) groups excluding carboxylic acids is 3. The van der Waals surface area contributed by atoms with Crippen molar-refractivity contribution in [1.29, 1.82) is 0 Å². The first kappa shape index (κ1) is 14.5. The molecule has 0 saturated heterocycles. The molecule has 0 radical (unpaired) electrons. The molecule has 1 aromatic rings. The highest BCUT2D eigenvalue weighted by molar-refractivity contribution is 5.98. The standard InChI is InChI=1S/C12H15N3O4/c1-7(14-12(13)18)10(16)15-9-5-3-4-8(6-9)11(17)19-2/h3-7H,1-2H3,(H,15,16)(H3,13,14,18). The topological polar surface area (TPSA) is 111 Å². The molecule has 0 spiro atoms. The minimum atomic E-state index is -0.786. The van der Waals surface area contributed by atoms with Gasteiger partial charge in [-0.2, -0.15) is 0 Å². The normalized spacial score (nSPS) is 11.3. The molecule has 1 aromatic carbocycles. The number of esters is 1. The van der Waals surface area contributed by atoms with Gasteiger partial charge in [0.2, 0.25) is 5.91 Å². The van der Waals surface area contributed by atoms with E-state index < -0.39 is 23.9 Å². The van der Waals surface area contributed by atoms with E-state index in [2.05, 4.69) is 15.4 Å². The lowest BCUT2D eigenvalue weighted by molar-refractivity contribution is -0.117. The zero-order valence-electron chi connectivity index (χ0n) is 10.6. The molecular formula is C12H15N3O4. The van der Waals surface area contributed by atoms with E-state index in [1.807, 2.05) is 0 Å². The number of urea groups is 1. The fourth-order valence-corrected chi connectivity index (χ4v) is 1.37. The van der Waals surface area contributed by atoms with Gasteiger partial charge in [-0.3, -0.25) is 4.79 Å². The molecule has 0 aliphatic heterocycles. The number of nitrogens with one attached hydrogen (secondary N) is 2. The van der Waals surface area contributed by atoms with Gasteiger partial charge >= 0.3 is 12.0 Å².